The van der Waals surface area contributed by atoms with Gasteiger partial charge in [-0.2, -0.15) is 5.26 Å². The van der Waals surface area contributed by atoms with E-state index < -0.39 is 0 Å². The van der Waals surface area contributed by atoms with Crippen molar-refractivity contribution in [3.63, 3.8) is 0 Å². The topological polar surface area (TPSA) is 56.1 Å². The minimum atomic E-state index is -0.0896. The average molecular weight is 259 g/mol. The number of aryl methyl sites for hydroxylation is 1. The first-order valence-electron chi connectivity index (χ1n) is 6.49. The highest BCUT2D eigenvalue weighted by molar-refractivity contribution is 5.99. The van der Waals surface area contributed by atoms with E-state index >= 15 is 0 Å². The highest BCUT2D eigenvalue weighted by Crippen LogP contribution is 2.20. The number of carbonyl (C=O) groups is 1. The van der Waals surface area contributed by atoms with Gasteiger partial charge in [0.05, 0.1) is 18.1 Å². The summed E-state index contributed by atoms with van der Waals surface area (Å²) in [5.74, 6) is -0.0568. The maximum atomic E-state index is 12.4. The largest absolute Gasteiger partial charge is 0.385 e. The summed E-state index contributed by atoms with van der Waals surface area (Å²) in [4.78, 5) is 14.1. The quantitative estimate of drug-likeness (QED) is 0.884. The van der Waals surface area contributed by atoms with Crippen LogP contribution in [0.4, 0.5) is 5.69 Å². The molecule has 0 spiro atoms. The van der Waals surface area contributed by atoms with Crippen LogP contribution in [-0.2, 0) is 0 Å². The molecule has 19 heavy (non-hydrogen) atoms. The van der Waals surface area contributed by atoms with Crippen LogP contribution in [0.5, 0.6) is 0 Å². The molecule has 0 heterocycles. The van der Waals surface area contributed by atoms with E-state index in [1.165, 1.54) is 0 Å². The molecule has 1 unspecified atom stereocenters. The number of rotatable bonds is 5. The van der Waals surface area contributed by atoms with Gasteiger partial charge >= 0.3 is 0 Å². The Labute approximate surface area is 115 Å². The Morgan fingerprint density at radius 2 is 2.21 bits per heavy atom. The summed E-state index contributed by atoms with van der Waals surface area (Å²) >= 11 is 0. The minimum Gasteiger partial charge on any atom is -0.385 e. The monoisotopic (exact) mass is 259 g/mol. The lowest BCUT2D eigenvalue weighted by Crippen LogP contribution is -2.35. The molecule has 0 saturated heterocycles. The highest BCUT2D eigenvalue weighted by atomic mass is 16.2. The average Bonchev–Trinajstić information content (AvgIpc) is 2.38. The predicted octanol–water partition coefficient (Wildman–Crippen LogP) is 2.80. The van der Waals surface area contributed by atoms with Gasteiger partial charge in [-0.15, -0.1) is 0 Å². The van der Waals surface area contributed by atoms with Crippen molar-refractivity contribution in [3.05, 3.63) is 29.3 Å². The highest BCUT2D eigenvalue weighted by Gasteiger charge is 2.19. The molecule has 0 fully saturated rings. The minimum absolute atomic E-state index is 0.0568. The van der Waals surface area contributed by atoms with E-state index in [1.54, 1.807) is 11.9 Å². The molecule has 1 atom stereocenters. The Hall–Kier alpha value is -2.02. The summed E-state index contributed by atoms with van der Waals surface area (Å²) < 4.78 is 0. The molecule has 0 radical (unpaired) electrons. The van der Waals surface area contributed by atoms with Crippen LogP contribution in [0.2, 0.25) is 0 Å². The van der Waals surface area contributed by atoms with E-state index in [4.69, 9.17) is 5.26 Å². The Bertz CT molecular complexity index is 491. The van der Waals surface area contributed by atoms with E-state index in [1.807, 2.05) is 39.0 Å². The Kier molecular flexibility index (Phi) is 5.37. The number of nitrogens with zero attached hydrogens (tertiary/aromatic N) is 2. The lowest BCUT2D eigenvalue weighted by Gasteiger charge is -2.24. The first-order valence-corrected chi connectivity index (χ1v) is 6.49. The zero-order valence-corrected chi connectivity index (χ0v) is 12.0. The third kappa shape index (κ3) is 3.72. The normalized spacial score (nSPS) is 11.5. The molecular formula is C15H21N3O. The van der Waals surface area contributed by atoms with Crippen molar-refractivity contribution >= 4 is 11.6 Å². The number of nitrogens with one attached hydrogen (secondary N) is 1. The molecular weight excluding hydrogens is 238 g/mol. The zero-order valence-electron chi connectivity index (χ0n) is 12.0. The lowest BCUT2D eigenvalue weighted by molar-refractivity contribution is 0.0747. The number of carbonyl (C=O) groups excluding carboxylic acids is 1. The van der Waals surface area contributed by atoms with Gasteiger partial charge in [-0.25, -0.2) is 0 Å². The number of anilines is 1. The molecule has 1 amide bonds. The molecule has 0 bridgehead atoms. The molecule has 0 saturated carbocycles. The van der Waals surface area contributed by atoms with Crippen molar-refractivity contribution < 1.29 is 4.79 Å². The SMILES string of the molecule is CCNc1cc(C)ccc1C(=O)N(C)C(C)CC#N. The Morgan fingerprint density at radius 1 is 1.53 bits per heavy atom. The molecule has 0 aliphatic carbocycles. The van der Waals surface area contributed by atoms with Crippen LogP contribution in [0.25, 0.3) is 0 Å². The third-order valence-corrected chi connectivity index (χ3v) is 3.14. The zero-order chi connectivity index (χ0) is 14.4. The number of nitriles is 1. The second kappa shape index (κ2) is 6.79. The van der Waals surface area contributed by atoms with Crippen molar-refractivity contribution in [3.8, 4) is 6.07 Å². The number of hydrogen-bond donors (Lipinski definition) is 1. The van der Waals surface area contributed by atoms with Crippen LogP contribution >= 0.6 is 0 Å². The van der Waals surface area contributed by atoms with Crippen LogP contribution in [0.15, 0.2) is 18.2 Å². The fourth-order valence-corrected chi connectivity index (χ4v) is 1.84. The van der Waals surface area contributed by atoms with Gasteiger partial charge in [0, 0.05) is 25.3 Å². The maximum absolute atomic E-state index is 12.4. The number of amides is 1. The second-order valence-electron chi connectivity index (χ2n) is 4.71. The molecule has 0 aromatic heterocycles. The van der Waals surface area contributed by atoms with Gasteiger partial charge in [0.1, 0.15) is 0 Å². The van der Waals surface area contributed by atoms with Crippen molar-refractivity contribution in [1.82, 2.24) is 4.90 Å². The van der Waals surface area contributed by atoms with Crippen molar-refractivity contribution in [1.29, 1.82) is 5.26 Å². The molecule has 102 valence electrons. The van der Waals surface area contributed by atoms with Gasteiger partial charge in [0.25, 0.3) is 5.91 Å². The van der Waals surface area contributed by atoms with Crippen molar-refractivity contribution in [2.24, 2.45) is 0 Å². The van der Waals surface area contributed by atoms with Crippen LogP contribution in [0, 0.1) is 18.3 Å². The van der Waals surface area contributed by atoms with Crippen LogP contribution in [0.3, 0.4) is 0 Å². The van der Waals surface area contributed by atoms with Gasteiger partial charge in [-0.3, -0.25) is 4.79 Å². The van der Waals surface area contributed by atoms with Gasteiger partial charge in [-0.1, -0.05) is 6.07 Å². The lowest BCUT2D eigenvalue weighted by atomic mass is 10.1. The summed E-state index contributed by atoms with van der Waals surface area (Å²) in [5.41, 5.74) is 2.61. The summed E-state index contributed by atoms with van der Waals surface area (Å²) in [6.45, 7) is 6.64. The Morgan fingerprint density at radius 3 is 2.79 bits per heavy atom. The van der Waals surface area contributed by atoms with Crippen molar-refractivity contribution in [2.75, 3.05) is 18.9 Å². The van der Waals surface area contributed by atoms with Crippen LogP contribution < -0.4 is 5.32 Å². The van der Waals surface area contributed by atoms with Crippen LogP contribution in [0.1, 0.15) is 36.2 Å². The van der Waals surface area contributed by atoms with E-state index in [9.17, 15) is 4.79 Å². The molecule has 0 aliphatic heterocycles. The number of hydrogen-bond acceptors (Lipinski definition) is 3. The predicted molar refractivity (Wildman–Crippen MR) is 77.1 cm³/mol. The molecule has 1 aromatic rings. The van der Waals surface area contributed by atoms with Crippen molar-refractivity contribution in [2.45, 2.75) is 33.2 Å². The summed E-state index contributed by atoms with van der Waals surface area (Å²) in [6.07, 6.45) is 0.338. The van der Waals surface area contributed by atoms with E-state index in [2.05, 4.69) is 11.4 Å². The van der Waals surface area contributed by atoms with Gasteiger partial charge in [-0.05, 0) is 38.5 Å². The fourth-order valence-electron chi connectivity index (χ4n) is 1.84. The molecule has 1 N–H and O–H groups in total. The first kappa shape index (κ1) is 15.0. The third-order valence-electron chi connectivity index (χ3n) is 3.14. The molecule has 0 aliphatic rings. The Balaban J connectivity index is 3.02. The van der Waals surface area contributed by atoms with E-state index in [-0.39, 0.29) is 11.9 Å². The van der Waals surface area contributed by atoms with E-state index in [0.717, 1.165) is 17.8 Å². The molecule has 4 nitrogen and oxygen atoms in total. The smallest absolute Gasteiger partial charge is 0.255 e. The van der Waals surface area contributed by atoms with Crippen LogP contribution in [-0.4, -0.2) is 30.4 Å². The number of benzene rings is 1. The fraction of sp³-hybridized carbons (Fsp3) is 0.467. The summed E-state index contributed by atoms with van der Waals surface area (Å²) in [5, 5.41) is 11.9. The van der Waals surface area contributed by atoms with E-state index in [0.29, 0.717) is 12.0 Å². The second-order valence-corrected chi connectivity index (χ2v) is 4.71. The van der Waals surface area contributed by atoms with Gasteiger partial charge in [0.15, 0.2) is 0 Å². The standard InChI is InChI=1S/C15H21N3O/c1-5-17-14-10-11(2)6-7-13(14)15(19)18(4)12(3)8-9-16/h6-7,10,12,17H,5,8H2,1-4H3. The van der Waals surface area contributed by atoms with Gasteiger partial charge < -0.3 is 10.2 Å². The molecule has 4 heteroatoms. The summed E-state index contributed by atoms with van der Waals surface area (Å²) in [6, 6.07) is 7.74. The molecule has 1 aromatic carbocycles. The van der Waals surface area contributed by atoms with Gasteiger partial charge in [0.2, 0.25) is 0 Å². The summed E-state index contributed by atoms with van der Waals surface area (Å²) in [7, 11) is 1.74. The molecule has 1 rings (SSSR count). The maximum Gasteiger partial charge on any atom is 0.255 e. The first-order chi connectivity index (χ1) is 9.01.